The second kappa shape index (κ2) is 8.21. The number of halogens is 1. The van der Waals surface area contributed by atoms with Gasteiger partial charge in [0, 0.05) is 38.3 Å². The van der Waals surface area contributed by atoms with Crippen LogP contribution in [0.15, 0.2) is 48.5 Å². The number of ether oxygens (including phenoxy) is 1. The molecule has 1 aliphatic rings. The zero-order valence-electron chi connectivity index (χ0n) is 15.3. The molecule has 0 bridgehead atoms. The normalized spacial score (nSPS) is 15.7. The zero-order chi connectivity index (χ0) is 18.5. The van der Waals surface area contributed by atoms with E-state index < -0.39 is 0 Å². The van der Waals surface area contributed by atoms with Crippen molar-refractivity contribution in [1.82, 2.24) is 4.90 Å². The molecule has 0 aliphatic carbocycles. The first-order chi connectivity index (χ1) is 12.6. The van der Waals surface area contributed by atoms with Gasteiger partial charge in [0.25, 0.3) is 0 Å². The number of carbonyl (C=O) groups excluding carboxylic acids is 1. The van der Waals surface area contributed by atoms with Crippen LogP contribution in [0.4, 0.5) is 10.1 Å². The second-order valence-corrected chi connectivity index (χ2v) is 6.72. The number of anilines is 1. The summed E-state index contributed by atoms with van der Waals surface area (Å²) < 4.78 is 18.2. The summed E-state index contributed by atoms with van der Waals surface area (Å²) in [5, 5.41) is 0. The number of nitrogens with zero attached hydrogens (tertiary/aromatic N) is 2. The van der Waals surface area contributed by atoms with Gasteiger partial charge in [-0.05, 0) is 47.9 Å². The lowest BCUT2D eigenvalue weighted by Gasteiger charge is -2.36. The van der Waals surface area contributed by atoms with Crippen LogP contribution in [-0.4, -0.2) is 44.1 Å². The van der Waals surface area contributed by atoms with E-state index in [0.717, 1.165) is 43.2 Å². The molecule has 0 radical (unpaired) electrons. The highest BCUT2D eigenvalue weighted by Gasteiger charge is 2.23. The summed E-state index contributed by atoms with van der Waals surface area (Å²) in [6.45, 7) is 5.10. The molecule has 0 aromatic heterocycles. The third-order valence-corrected chi connectivity index (χ3v) is 4.99. The molecule has 1 saturated heterocycles. The fourth-order valence-corrected chi connectivity index (χ4v) is 3.31. The van der Waals surface area contributed by atoms with E-state index in [0.29, 0.717) is 6.42 Å². The van der Waals surface area contributed by atoms with Crippen molar-refractivity contribution in [3.05, 3.63) is 59.9 Å². The van der Waals surface area contributed by atoms with Crippen LogP contribution in [-0.2, 0) is 4.79 Å². The molecule has 1 atom stereocenters. The highest BCUT2D eigenvalue weighted by Crippen LogP contribution is 2.23. The molecule has 0 N–H and O–H groups in total. The molecular formula is C21H25FN2O2. The van der Waals surface area contributed by atoms with Gasteiger partial charge >= 0.3 is 0 Å². The SMILES string of the molecule is COc1ccc(N2CCN(C(=O)CC(C)c3ccc(F)cc3)CC2)cc1. The fraction of sp³-hybridized carbons (Fsp3) is 0.381. The van der Waals surface area contributed by atoms with E-state index in [1.807, 2.05) is 36.1 Å². The quantitative estimate of drug-likeness (QED) is 0.819. The largest absolute Gasteiger partial charge is 0.497 e. The lowest BCUT2D eigenvalue weighted by molar-refractivity contribution is -0.131. The minimum atomic E-state index is -0.248. The maximum atomic E-state index is 13.0. The van der Waals surface area contributed by atoms with Crippen molar-refractivity contribution in [2.45, 2.75) is 19.3 Å². The Balaban J connectivity index is 1.52. The molecule has 2 aromatic rings. The summed E-state index contributed by atoms with van der Waals surface area (Å²) in [5.74, 6) is 0.846. The monoisotopic (exact) mass is 356 g/mol. The van der Waals surface area contributed by atoms with Crippen LogP contribution < -0.4 is 9.64 Å². The van der Waals surface area contributed by atoms with Gasteiger partial charge in [0.15, 0.2) is 0 Å². The third kappa shape index (κ3) is 4.34. The van der Waals surface area contributed by atoms with E-state index in [1.165, 1.54) is 12.1 Å². The van der Waals surface area contributed by atoms with Gasteiger partial charge in [-0.25, -0.2) is 4.39 Å². The van der Waals surface area contributed by atoms with Gasteiger partial charge < -0.3 is 14.5 Å². The van der Waals surface area contributed by atoms with Crippen LogP contribution in [0.3, 0.4) is 0 Å². The second-order valence-electron chi connectivity index (χ2n) is 6.72. The maximum Gasteiger partial charge on any atom is 0.223 e. The first kappa shape index (κ1) is 18.2. The summed E-state index contributed by atoms with van der Waals surface area (Å²) in [6.07, 6.45) is 0.453. The highest BCUT2D eigenvalue weighted by atomic mass is 19.1. The van der Waals surface area contributed by atoms with Crippen molar-refractivity contribution in [3.63, 3.8) is 0 Å². The smallest absolute Gasteiger partial charge is 0.223 e. The van der Waals surface area contributed by atoms with Gasteiger partial charge in [-0.15, -0.1) is 0 Å². The van der Waals surface area contributed by atoms with Gasteiger partial charge in [-0.2, -0.15) is 0 Å². The highest BCUT2D eigenvalue weighted by molar-refractivity contribution is 5.77. The molecule has 0 spiro atoms. The lowest BCUT2D eigenvalue weighted by atomic mass is 9.97. The number of amides is 1. The Morgan fingerprint density at radius 1 is 1.04 bits per heavy atom. The minimum Gasteiger partial charge on any atom is -0.497 e. The maximum absolute atomic E-state index is 13.0. The molecule has 26 heavy (non-hydrogen) atoms. The van der Waals surface area contributed by atoms with E-state index in [2.05, 4.69) is 4.90 Å². The van der Waals surface area contributed by atoms with Crippen LogP contribution in [0.1, 0.15) is 24.8 Å². The third-order valence-electron chi connectivity index (χ3n) is 4.99. The average Bonchev–Trinajstić information content (AvgIpc) is 2.68. The molecule has 5 heteroatoms. The lowest BCUT2D eigenvalue weighted by Crippen LogP contribution is -2.49. The predicted molar refractivity (Wildman–Crippen MR) is 101 cm³/mol. The molecule has 4 nitrogen and oxygen atoms in total. The van der Waals surface area contributed by atoms with Crippen molar-refractivity contribution in [1.29, 1.82) is 0 Å². The molecule has 138 valence electrons. The molecule has 3 rings (SSSR count). The Morgan fingerprint density at radius 2 is 1.65 bits per heavy atom. The summed E-state index contributed by atoms with van der Waals surface area (Å²) in [4.78, 5) is 16.8. The number of methoxy groups -OCH3 is 1. The van der Waals surface area contributed by atoms with E-state index in [4.69, 9.17) is 4.74 Å². The fourth-order valence-electron chi connectivity index (χ4n) is 3.31. The molecule has 1 amide bonds. The topological polar surface area (TPSA) is 32.8 Å². The van der Waals surface area contributed by atoms with Gasteiger partial charge in [-0.1, -0.05) is 19.1 Å². The number of rotatable bonds is 5. The van der Waals surface area contributed by atoms with Gasteiger partial charge in [-0.3, -0.25) is 4.79 Å². The van der Waals surface area contributed by atoms with Crippen molar-refractivity contribution in [2.24, 2.45) is 0 Å². The molecule has 1 aliphatic heterocycles. The first-order valence-corrected chi connectivity index (χ1v) is 8.99. The molecule has 2 aromatic carbocycles. The molecule has 1 fully saturated rings. The Hall–Kier alpha value is -2.56. The van der Waals surface area contributed by atoms with Gasteiger partial charge in [0.1, 0.15) is 11.6 Å². The Morgan fingerprint density at radius 3 is 2.23 bits per heavy atom. The average molecular weight is 356 g/mol. The van der Waals surface area contributed by atoms with E-state index in [9.17, 15) is 9.18 Å². The van der Waals surface area contributed by atoms with Crippen molar-refractivity contribution in [2.75, 3.05) is 38.2 Å². The van der Waals surface area contributed by atoms with Crippen molar-refractivity contribution in [3.8, 4) is 5.75 Å². The summed E-state index contributed by atoms with van der Waals surface area (Å²) in [7, 11) is 1.66. The van der Waals surface area contributed by atoms with Crippen molar-refractivity contribution < 1.29 is 13.9 Å². The van der Waals surface area contributed by atoms with Crippen LogP contribution in [0.2, 0.25) is 0 Å². The molecular weight excluding hydrogens is 331 g/mol. The van der Waals surface area contributed by atoms with E-state index in [1.54, 1.807) is 19.2 Å². The van der Waals surface area contributed by atoms with Gasteiger partial charge in [0.05, 0.1) is 7.11 Å². The standard InChI is InChI=1S/C21H25FN2O2/c1-16(17-3-5-18(22)6-4-17)15-21(25)24-13-11-23(12-14-24)19-7-9-20(26-2)10-8-19/h3-10,16H,11-15H2,1-2H3. The number of hydrogen-bond donors (Lipinski definition) is 0. The first-order valence-electron chi connectivity index (χ1n) is 8.99. The Kier molecular flexibility index (Phi) is 5.76. The van der Waals surface area contributed by atoms with E-state index >= 15 is 0 Å². The molecule has 0 saturated carbocycles. The van der Waals surface area contributed by atoms with Crippen LogP contribution >= 0.6 is 0 Å². The molecule has 1 heterocycles. The van der Waals surface area contributed by atoms with Crippen molar-refractivity contribution >= 4 is 11.6 Å². The Bertz CT molecular complexity index is 723. The van der Waals surface area contributed by atoms with Gasteiger partial charge in [0.2, 0.25) is 5.91 Å². The predicted octanol–water partition coefficient (Wildman–Crippen LogP) is 3.68. The van der Waals surface area contributed by atoms with Crippen LogP contribution in [0.25, 0.3) is 0 Å². The van der Waals surface area contributed by atoms with Crippen LogP contribution in [0, 0.1) is 5.82 Å². The minimum absolute atomic E-state index is 0.0858. The summed E-state index contributed by atoms with van der Waals surface area (Å²) >= 11 is 0. The molecule has 1 unspecified atom stereocenters. The summed E-state index contributed by atoms with van der Waals surface area (Å²) in [6, 6.07) is 14.4. The number of hydrogen-bond acceptors (Lipinski definition) is 3. The number of carbonyl (C=O) groups is 1. The zero-order valence-corrected chi connectivity index (χ0v) is 15.3. The van der Waals surface area contributed by atoms with E-state index in [-0.39, 0.29) is 17.6 Å². The van der Waals surface area contributed by atoms with Crippen LogP contribution in [0.5, 0.6) is 5.75 Å². The Labute approximate surface area is 154 Å². The number of benzene rings is 2. The number of piperazine rings is 1. The summed E-state index contributed by atoms with van der Waals surface area (Å²) in [5.41, 5.74) is 2.15.